The molecule has 7 nitrogen and oxygen atoms in total. The maximum Gasteiger partial charge on any atom is 0.329 e. The first-order valence-corrected chi connectivity index (χ1v) is 11.3. The summed E-state index contributed by atoms with van der Waals surface area (Å²) in [5, 5.41) is 4.82. The predicted molar refractivity (Wildman–Crippen MR) is 133 cm³/mol. The summed E-state index contributed by atoms with van der Waals surface area (Å²) in [4.78, 5) is 37.8. The Balaban J connectivity index is 1.36. The van der Waals surface area contributed by atoms with Crippen LogP contribution in [0.25, 0.3) is 6.08 Å². The van der Waals surface area contributed by atoms with Crippen LogP contribution >= 0.6 is 22.6 Å². The van der Waals surface area contributed by atoms with Gasteiger partial charge in [-0.1, -0.05) is 36.4 Å². The molecule has 172 valence electrons. The molecule has 9 heteroatoms. The van der Waals surface area contributed by atoms with Crippen molar-refractivity contribution in [3.05, 3.63) is 99.0 Å². The highest BCUT2D eigenvalue weighted by Gasteiger charge is 2.35. The molecule has 0 aliphatic carbocycles. The lowest BCUT2D eigenvalue weighted by Crippen LogP contribution is -2.38. The number of hydrogen-bond acceptors (Lipinski definition) is 4. The number of benzene rings is 3. The minimum Gasteiger partial charge on any atom is -0.489 e. The largest absolute Gasteiger partial charge is 0.489 e. The number of carbonyl (C=O) groups is 3. The molecule has 1 fully saturated rings. The molecular formula is C25H19FIN3O4. The van der Waals surface area contributed by atoms with Crippen molar-refractivity contribution in [2.24, 2.45) is 0 Å². The minimum atomic E-state index is -0.725. The highest BCUT2D eigenvalue weighted by Crippen LogP contribution is 2.19. The van der Waals surface area contributed by atoms with Crippen LogP contribution in [0, 0.1) is 9.39 Å². The summed E-state index contributed by atoms with van der Waals surface area (Å²) < 4.78 is 20.6. The van der Waals surface area contributed by atoms with E-state index in [2.05, 4.69) is 33.2 Å². The summed E-state index contributed by atoms with van der Waals surface area (Å²) >= 11 is 2.24. The number of ether oxygens (including phenoxy) is 1. The van der Waals surface area contributed by atoms with Crippen LogP contribution in [-0.2, 0) is 16.2 Å². The van der Waals surface area contributed by atoms with Gasteiger partial charge in [-0.2, -0.15) is 0 Å². The van der Waals surface area contributed by atoms with E-state index in [0.717, 1.165) is 14.0 Å². The number of urea groups is 1. The number of nitrogens with one attached hydrogen (secondary N) is 2. The van der Waals surface area contributed by atoms with Crippen molar-refractivity contribution in [1.82, 2.24) is 10.2 Å². The molecular weight excluding hydrogens is 552 g/mol. The molecule has 4 rings (SSSR count). The van der Waals surface area contributed by atoms with Crippen LogP contribution in [0.15, 0.2) is 78.5 Å². The van der Waals surface area contributed by atoms with Crippen LogP contribution in [0.3, 0.4) is 0 Å². The first kappa shape index (κ1) is 23.4. The molecule has 4 amide bonds. The van der Waals surface area contributed by atoms with Gasteiger partial charge < -0.3 is 15.4 Å². The number of para-hydroxylation sites is 1. The van der Waals surface area contributed by atoms with Gasteiger partial charge >= 0.3 is 6.03 Å². The van der Waals surface area contributed by atoms with E-state index in [9.17, 15) is 18.8 Å². The second kappa shape index (κ2) is 10.5. The number of carbonyl (C=O) groups excluding carboxylic acids is 3. The summed E-state index contributed by atoms with van der Waals surface area (Å²) in [5.74, 6) is -1.29. The Hall–Kier alpha value is -3.73. The van der Waals surface area contributed by atoms with Crippen molar-refractivity contribution in [2.45, 2.75) is 6.61 Å². The van der Waals surface area contributed by atoms with Crippen LogP contribution in [0.4, 0.5) is 14.9 Å². The second-order valence-electron chi connectivity index (χ2n) is 7.39. The topological polar surface area (TPSA) is 87.7 Å². The molecule has 0 aromatic heterocycles. The van der Waals surface area contributed by atoms with Gasteiger partial charge in [-0.15, -0.1) is 0 Å². The molecule has 3 aromatic carbocycles. The first-order valence-electron chi connectivity index (χ1n) is 10.3. The first-order chi connectivity index (χ1) is 16.4. The molecule has 1 heterocycles. The van der Waals surface area contributed by atoms with Crippen LogP contribution in [-0.4, -0.2) is 29.3 Å². The van der Waals surface area contributed by atoms with Gasteiger partial charge in [0, 0.05) is 3.57 Å². The Labute approximate surface area is 208 Å². The van der Waals surface area contributed by atoms with Crippen molar-refractivity contribution in [1.29, 1.82) is 0 Å². The third-order valence-electron chi connectivity index (χ3n) is 4.92. The Bertz CT molecular complexity index is 1260. The zero-order valence-corrected chi connectivity index (χ0v) is 19.9. The van der Waals surface area contributed by atoms with E-state index in [4.69, 9.17) is 4.74 Å². The summed E-state index contributed by atoms with van der Waals surface area (Å²) in [6, 6.07) is 20.0. The Morgan fingerprint density at radius 3 is 2.44 bits per heavy atom. The van der Waals surface area contributed by atoms with Gasteiger partial charge in [0.25, 0.3) is 5.91 Å². The van der Waals surface area contributed by atoms with Crippen LogP contribution in [0.5, 0.6) is 5.75 Å². The number of rotatable bonds is 7. The van der Waals surface area contributed by atoms with Crippen LogP contribution < -0.4 is 15.4 Å². The number of halogens is 2. The smallest absolute Gasteiger partial charge is 0.329 e. The fraction of sp³-hybridized carbons (Fsp3) is 0.0800. The molecule has 3 aromatic rings. The van der Waals surface area contributed by atoms with Gasteiger partial charge in [-0.3, -0.25) is 9.59 Å². The lowest BCUT2D eigenvalue weighted by atomic mass is 10.2. The number of hydrogen-bond donors (Lipinski definition) is 2. The molecule has 0 spiro atoms. The average molecular weight is 571 g/mol. The Morgan fingerprint density at radius 2 is 1.74 bits per heavy atom. The van der Waals surface area contributed by atoms with E-state index < -0.39 is 30.2 Å². The molecule has 0 radical (unpaired) electrons. The van der Waals surface area contributed by atoms with Crippen LogP contribution in [0.1, 0.15) is 11.1 Å². The lowest BCUT2D eigenvalue weighted by molar-refractivity contribution is -0.127. The van der Waals surface area contributed by atoms with E-state index in [1.165, 1.54) is 24.3 Å². The summed E-state index contributed by atoms with van der Waals surface area (Å²) in [5.41, 5.74) is 1.73. The lowest BCUT2D eigenvalue weighted by Gasteiger charge is -2.12. The van der Waals surface area contributed by atoms with Gasteiger partial charge in [0.2, 0.25) is 5.91 Å². The van der Waals surface area contributed by atoms with Crippen molar-refractivity contribution < 1.29 is 23.5 Å². The van der Waals surface area contributed by atoms with E-state index in [1.54, 1.807) is 30.3 Å². The maximum absolute atomic E-state index is 13.7. The third kappa shape index (κ3) is 5.79. The normalized spacial score (nSPS) is 14.3. The molecule has 0 saturated carbocycles. The van der Waals surface area contributed by atoms with Gasteiger partial charge in [-0.05, 0) is 76.2 Å². The van der Waals surface area contributed by atoms with Gasteiger partial charge in [-0.25, -0.2) is 14.1 Å². The van der Waals surface area contributed by atoms with E-state index >= 15 is 0 Å². The predicted octanol–water partition coefficient (Wildman–Crippen LogP) is 4.54. The average Bonchev–Trinajstić information content (AvgIpc) is 3.08. The maximum atomic E-state index is 13.7. The summed E-state index contributed by atoms with van der Waals surface area (Å²) in [6.07, 6.45) is 1.51. The zero-order valence-electron chi connectivity index (χ0n) is 17.8. The second-order valence-corrected chi connectivity index (χ2v) is 8.64. The van der Waals surface area contributed by atoms with Crippen molar-refractivity contribution in [2.75, 3.05) is 11.9 Å². The van der Waals surface area contributed by atoms with E-state index in [1.807, 2.05) is 24.3 Å². The van der Waals surface area contributed by atoms with Crippen molar-refractivity contribution in [3.63, 3.8) is 0 Å². The fourth-order valence-electron chi connectivity index (χ4n) is 3.19. The van der Waals surface area contributed by atoms with E-state index in [-0.39, 0.29) is 11.4 Å². The highest BCUT2D eigenvalue weighted by molar-refractivity contribution is 14.1. The Morgan fingerprint density at radius 1 is 1.03 bits per heavy atom. The van der Waals surface area contributed by atoms with Crippen molar-refractivity contribution in [3.8, 4) is 5.75 Å². The molecule has 1 aliphatic rings. The molecule has 0 unspecified atom stereocenters. The highest BCUT2D eigenvalue weighted by atomic mass is 127. The van der Waals surface area contributed by atoms with Crippen LogP contribution in [0.2, 0.25) is 0 Å². The molecule has 1 saturated heterocycles. The van der Waals surface area contributed by atoms with Crippen molar-refractivity contribution >= 4 is 52.2 Å². The summed E-state index contributed by atoms with van der Waals surface area (Å²) in [6.45, 7) is -0.114. The zero-order chi connectivity index (χ0) is 24.1. The number of nitrogens with zero attached hydrogens (tertiary/aromatic N) is 1. The van der Waals surface area contributed by atoms with Gasteiger partial charge in [0.05, 0.1) is 5.69 Å². The minimum absolute atomic E-state index is 0.0281. The molecule has 1 aliphatic heterocycles. The SMILES string of the molecule is O=C(CN1C(=O)N/C(=C/c2ccc(OCc3ccc(I)cc3)cc2)C1=O)Nc1ccccc1F. The molecule has 0 atom stereocenters. The fourth-order valence-corrected chi connectivity index (χ4v) is 3.54. The van der Waals surface area contributed by atoms with E-state index in [0.29, 0.717) is 17.9 Å². The number of anilines is 1. The Kier molecular flexibility index (Phi) is 7.21. The number of imide groups is 1. The summed E-state index contributed by atoms with van der Waals surface area (Å²) in [7, 11) is 0. The molecule has 0 bridgehead atoms. The van der Waals surface area contributed by atoms with Gasteiger partial charge in [0.1, 0.15) is 30.4 Å². The standard InChI is InChI=1S/C25H19FIN3O4/c26-20-3-1-2-4-21(20)28-23(31)14-30-24(32)22(29-25(30)33)13-16-7-11-19(12-8-16)34-15-17-5-9-18(27)10-6-17/h1-13H,14-15H2,(H,28,31)(H,29,33)/b22-13+. The monoisotopic (exact) mass is 571 g/mol. The number of amides is 4. The molecule has 34 heavy (non-hydrogen) atoms. The third-order valence-corrected chi connectivity index (χ3v) is 5.64. The quantitative estimate of drug-likeness (QED) is 0.248. The molecule has 2 N–H and O–H groups in total. The van der Waals surface area contributed by atoms with Gasteiger partial charge in [0.15, 0.2) is 0 Å².